The number of methoxy groups -OCH3 is 1. The van der Waals surface area contributed by atoms with Crippen molar-refractivity contribution in [1.29, 1.82) is 0 Å². The molecule has 0 aromatic heterocycles. The molecule has 1 N–H and O–H groups in total. The van der Waals surface area contributed by atoms with Crippen LogP contribution in [0.15, 0.2) is 72.8 Å². The van der Waals surface area contributed by atoms with E-state index in [1.807, 2.05) is 12.1 Å². The van der Waals surface area contributed by atoms with E-state index < -0.39 is 22.1 Å². The van der Waals surface area contributed by atoms with Crippen LogP contribution in [0.5, 0.6) is 5.75 Å². The average Bonchev–Trinajstić information content (AvgIpc) is 2.86. The number of rotatable bonds is 12. The van der Waals surface area contributed by atoms with Crippen LogP contribution in [-0.2, 0) is 16.1 Å². The fourth-order valence-electron chi connectivity index (χ4n) is 3.44. The molecule has 3 aromatic rings. The number of nitro benzene ring substituents is 2. The molecule has 0 saturated carbocycles. The maximum atomic E-state index is 12.8. The van der Waals surface area contributed by atoms with Crippen LogP contribution in [-0.4, -0.2) is 27.8 Å². The third-order valence-corrected chi connectivity index (χ3v) is 5.41. The summed E-state index contributed by atoms with van der Waals surface area (Å²) in [6.45, 7) is 0.184. The summed E-state index contributed by atoms with van der Waals surface area (Å²) in [4.78, 5) is 33.5. The summed E-state index contributed by atoms with van der Waals surface area (Å²) < 4.78 is 11.1. The summed E-state index contributed by atoms with van der Waals surface area (Å²) in [6, 6.07) is 18.3. The van der Waals surface area contributed by atoms with E-state index in [4.69, 9.17) is 9.47 Å². The lowest BCUT2D eigenvalue weighted by molar-refractivity contribution is -0.385. The van der Waals surface area contributed by atoms with E-state index in [-0.39, 0.29) is 36.6 Å². The van der Waals surface area contributed by atoms with Crippen LogP contribution in [0.3, 0.4) is 0 Å². The van der Waals surface area contributed by atoms with Crippen molar-refractivity contribution in [3.8, 4) is 5.75 Å². The second-order valence-electron chi connectivity index (χ2n) is 7.81. The average molecular weight is 480 g/mol. The summed E-state index contributed by atoms with van der Waals surface area (Å²) in [5, 5.41) is 32.2. The molecule has 182 valence electrons. The largest absolute Gasteiger partial charge is 0.497 e. The number of Topliss-reactive ketones (excluding diaryl/α,β-unsaturated/α-hetero) is 1. The van der Waals surface area contributed by atoms with E-state index in [2.05, 4.69) is 0 Å². The number of ether oxygens (including phenoxy) is 2. The van der Waals surface area contributed by atoms with Gasteiger partial charge in [0.1, 0.15) is 11.5 Å². The van der Waals surface area contributed by atoms with E-state index in [0.29, 0.717) is 16.9 Å². The number of non-ortho nitro benzene ring substituents is 2. The minimum atomic E-state index is -1.14. The van der Waals surface area contributed by atoms with Crippen LogP contribution >= 0.6 is 0 Å². The van der Waals surface area contributed by atoms with E-state index in [1.54, 1.807) is 19.2 Å². The van der Waals surface area contributed by atoms with Crippen LogP contribution < -0.4 is 4.74 Å². The quantitative estimate of drug-likeness (QED) is 0.286. The van der Waals surface area contributed by atoms with Crippen molar-refractivity contribution in [3.63, 3.8) is 0 Å². The van der Waals surface area contributed by atoms with Gasteiger partial charge in [0.2, 0.25) is 0 Å². The number of ketones is 1. The van der Waals surface area contributed by atoms with Crippen LogP contribution in [0.2, 0.25) is 0 Å². The highest BCUT2D eigenvalue weighted by atomic mass is 16.6. The number of carbonyl (C=O) groups is 1. The SMILES string of the molecule is COc1ccc(CO[C@@H](CC(=O)C[C@H](O)c2ccc([N+](=O)[O-])cc2)c2ccc([N+](=O)[O-])cc2)cc1. The van der Waals surface area contributed by atoms with Crippen LogP contribution in [0.4, 0.5) is 11.4 Å². The van der Waals surface area contributed by atoms with E-state index >= 15 is 0 Å². The Kier molecular flexibility index (Phi) is 8.60. The van der Waals surface area contributed by atoms with Crippen LogP contribution in [0, 0.1) is 20.2 Å². The molecule has 2 atom stereocenters. The Morgan fingerprint density at radius 2 is 1.34 bits per heavy atom. The monoisotopic (exact) mass is 480 g/mol. The van der Waals surface area contributed by atoms with Gasteiger partial charge in [0.05, 0.1) is 35.8 Å². The van der Waals surface area contributed by atoms with Crippen molar-refractivity contribution in [3.05, 3.63) is 110 Å². The zero-order valence-electron chi connectivity index (χ0n) is 18.9. The zero-order valence-corrected chi connectivity index (χ0v) is 18.9. The van der Waals surface area contributed by atoms with Gasteiger partial charge in [-0.2, -0.15) is 0 Å². The maximum Gasteiger partial charge on any atom is 0.269 e. The molecule has 0 aliphatic heterocycles. The maximum absolute atomic E-state index is 12.8. The molecule has 3 rings (SSSR count). The first-order valence-electron chi connectivity index (χ1n) is 10.7. The third kappa shape index (κ3) is 7.16. The molecule has 0 aliphatic carbocycles. The smallest absolute Gasteiger partial charge is 0.269 e. The van der Waals surface area contributed by atoms with Gasteiger partial charge in [0, 0.05) is 37.1 Å². The molecule has 0 fully saturated rings. The first-order chi connectivity index (χ1) is 16.8. The number of hydrogen-bond acceptors (Lipinski definition) is 8. The molecular formula is C25H24N2O8. The van der Waals surface area contributed by atoms with Crippen molar-refractivity contribution >= 4 is 17.2 Å². The Morgan fingerprint density at radius 3 is 1.83 bits per heavy atom. The molecule has 0 heterocycles. The number of carbonyl (C=O) groups excluding carboxylic acids is 1. The molecular weight excluding hydrogens is 456 g/mol. The normalized spacial score (nSPS) is 12.5. The van der Waals surface area contributed by atoms with Gasteiger partial charge in [-0.1, -0.05) is 12.1 Å². The fourth-order valence-corrected chi connectivity index (χ4v) is 3.44. The summed E-state index contributed by atoms with van der Waals surface area (Å²) in [5.41, 5.74) is 1.62. The summed E-state index contributed by atoms with van der Waals surface area (Å²) in [5.74, 6) is 0.394. The van der Waals surface area contributed by atoms with E-state index in [0.717, 1.165) is 5.56 Å². The highest BCUT2D eigenvalue weighted by Gasteiger charge is 2.21. The van der Waals surface area contributed by atoms with Crippen molar-refractivity contribution < 1.29 is 29.2 Å². The Labute approximate surface area is 201 Å². The van der Waals surface area contributed by atoms with Gasteiger partial charge in [-0.15, -0.1) is 0 Å². The molecule has 0 bridgehead atoms. The highest BCUT2D eigenvalue weighted by molar-refractivity contribution is 5.79. The predicted octanol–water partition coefficient (Wildman–Crippen LogP) is 4.85. The van der Waals surface area contributed by atoms with Crippen LogP contribution in [0.1, 0.15) is 41.7 Å². The molecule has 10 nitrogen and oxygen atoms in total. The fraction of sp³-hybridized carbons (Fsp3) is 0.240. The lowest BCUT2D eigenvalue weighted by atomic mass is 9.98. The van der Waals surface area contributed by atoms with Gasteiger partial charge in [0.25, 0.3) is 11.4 Å². The molecule has 10 heteroatoms. The molecule has 0 spiro atoms. The number of hydrogen-bond donors (Lipinski definition) is 1. The number of aliphatic hydroxyl groups excluding tert-OH is 1. The highest BCUT2D eigenvalue weighted by Crippen LogP contribution is 2.28. The Hall–Kier alpha value is -4.15. The van der Waals surface area contributed by atoms with Crippen molar-refractivity contribution in [1.82, 2.24) is 0 Å². The lowest BCUT2D eigenvalue weighted by Crippen LogP contribution is -2.14. The molecule has 35 heavy (non-hydrogen) atoms. The minimum Gasteiger partial charge on any atom is -0.497 e. The molecule has 0 unspecified atom stereocenters. The summed E-state index contributed by atoms with van der Waals surface area (Å²) in [7, 11) is 1.56. The summed E-state index contributed by atoms with van der Waals surface area (Å²) in [6.07, 6.45) is -2.12. The van der Waals surface area contributed by atoms with Crippen molar-refractivity contribution in [2.75, 3.05) is 7.11 Å². The van der Waals surface area contributed by atoms with Gasteiger partial charge >= 0.3 is 0 Å². The van der Waals surface area contributed by atoms with Gasteiger partial charge in [-0.25, -0.2) is 0 Å². The topological polar surface area (TPSA) is 142 Å². The minimum absolute atomic E-state index is 0.0714. The lowest BCUT2D eigenvalue weighted by Gasteiger charge is -2.19. The van der Waals surface area contributed by atoms with Crippen molar-refractivity contribution in [2.24, 2.45) is 0 Å². The first kappa shape index (κ1) is 25.5. The standard InChI is InChI=1S/C25H24N2O8/c1-34-23-12-2-17(3-13-23)16-35-25(19-6-10-21(11-7-19)27(32)33)15-22(28)14-24(29)18-4-8-20(9-5-18)26(30)31/h2-13,24-25,29H,14-16H2,1H3/t24-,25-/m0/s1. The second kappa shape index (κ2) is 11.8. The first-order valence-corrected chi connectivity index (χ1v) is 10.7. The van der Waals surface area contributed by atoms with Crippen molar-refractivity contribution in [2.45, 2.75) is 31.7 Å². The molecule has 0 amide bonds. The van der Waals surface area contributed by atoms with Crippen LogP contribution in [0.25, 0.3) is 0 Å². The van der Waals surface area contributed by atoms with E-state index in [9.17, 15) is 30.1 Å². The Bertz CT molecular complexity index is 1160. The second-order valence-corrected chi connectivity index (χ2v) is 7.81. The number of aliphatic hydroxyl groups is 1. The zero-order chi connectivity index (χ0) is 25.4. The summed E-state index contributed by atoms with van der Waals surface area (Å²) >= 11 is 0. The van der Waals surface area contributed by atoms with E-state index in [1.165, 1.54) is 48.5 Å². The molecule has 0 aliphatic rings. The predicted molar refractivity (Wildman–Crippen MR) is 126 cm³/mol. The van der Waals surface area contributed by atoms with Gasteiger partial charge < -0.3 is 14.6 Å². The number of benzene rings is 3. The van der Waals surface area contributed by atoms with Gasteiger partial charge in [-0.05, 0) is 53.1 Å². The molecule has 3 aromatic carbocycles. The Balaban J connectivity index is 1.70. The number of nitrogens with zero attached hydrogens (tertiary/aromatic N) is 2. The molecule has 0 radical (unpaired) electrons. The van der Waals surface area contributed by atoms with Gasteiger partial charge in [0.15, 0.2) is 0 Å². The Morgan fingerprint density at radius 1 is 0.829 bits per heavy atom. The molecule has 0 saturated heterocycles. The number of nitro groups is 2. The van der Waals surface area contributed by atoms with Gasteiger partial charge in [-0.3, -0.25) is 25.0 Å². The third-order valence-electron chi connectivity index (χ3n) is 5.41.